The van der Waals surface area contributed by atoms with Crippen LogP contribution in [-0.4, -0.2) is 110 Å². The van der Waals surface area contributed by atoms with Crippen LogP contribution in [0.25, 0.3) is 0 Å². The molecule has 0 spiro atoms. The molecule has 0 radical (unpaired) electrons. The minimum absolute atomic E-state index is 0.00500. The minimum Gasteiger partial charge on any atom is -0.346 e. The third-order valence-corrected chi connectivity index (χ3v) is 4.03. The maximum absolute atomic E-state index is 12.7. The normalized spacial score (nSPS) is 12.6. The molecular weight excluding hydrogens is 554 g/mol. The number of carbonyl (C=O) groups excluding carboxylic acids is 4. The molecule has 9 nitrogen and oxygen atoms in total. The summed E-state index contributed by atoms with van der Waals surface area (Å²) in [6.45, 7) is -7.00. The van der Waals surface area contributed by atoms with Crippen molar-refractivity contribution in [2.45, 2.75) is 24.7 Å². The van der Waals surface area contributed by atoms with Gasteiger partial charge in [0.15, 0.2) is 0 Å². The Balaban J connectivity index is 4.93. The Morgan fingerprint density at radius 1 is 0.459 bits per heavy atom. The molecule has 0 aromatic heterocycles. The molecule has 0 fully saturated rings. The van der Waals surface area contributed by atoms with Gasteiger partial charge in [-0.15, -0.1) is 0 Å². The Kier molecular flexibility index (Phi) is 12.4. The summed E-state index contributed by atoms with van der Waals surface area (Å²) < 4.78 is 149. The number of rotatable bonds is 12. The summed E-state index contributed by atoms with van der Waals surface area (Å²) in [5, 5.41) is 4.73. The Morgan fingerprint density at radius 2 is 0.730 bits per heavy atom. The smallest absolute Gasteiger partial charge is 0.346 e. The van der Waals surface area contributed by atoms with E-state index in [1.54, 1.807) is 0 Å². The van der Waals surface area contributed by atoms with Gasteiger partial charge in [-0.05, 0) is 0 Å². The zero-order chi connectivity index (χ0) is 29.2. The molecule has 0 rings (SSSR count). The Bertz CT molecular complexity index is 731. The third kappa shape index (κ3) is 13.2. The molecule has 21 heteroatoms. The summed E-state index contributed by atoms with van der Waals surface area (Å²) in [5.74, 6) is -9.95. The molecular formula is C16H19F12N5O4. The van der Waals surface area contributed by atoms with E-state index in [-0.39, 0.29) is 9.80 Å². The van der Waals surface area contributed by atoms with Crippen LogP contribution >= 0.6 is 0 Å². The van der Waals surface area contributed by atoms with Crippen LogP contribution in [0.3, 0.4) is 0 Å². The van der Waals surface area contributed by atoms with Crippen molar-refractivity contribution in [2.24, 2.45) is 0 Å². The van der Waals surface area contributed by atoms with Gasteiger partial charge in [-0.1, -0.05) is 0 Å². The SMILES string of the molecule is O=C(NCCN(CCNCCN(CCNC(=O)C(F)(F)F)C(=O)C(F)(F)F)C(=O)C(F)(F)F)C(F)(F)F. The second-order valence-corrected chi connectivity index (χ2v) is 6.84. The van der Waals surface area contributed by atoms with Crippen LogP contribution in [0.4, 0.5) is 52.7 Å². The summed E-state index contributed by atoms with van der Waals surface area (Å²) in [4.78, 5) is 44.2. The number of carbonyl (C=O) groups is 4. The highest BCUT2D eigenvalue weighted by molar-refractivity contribution is 5.83. The van der Waals surface area contributed by atoms with Crippen LogP contribution in [0, 0.1) is 0 Å². The summed E-state index contributed by atoms with van der Waals surface area (Å²) in [7, 11) is 0. The lowest BCUT2D eigenvalue weighted by Crippen LogP contribution is -2.50. The average molecular weight is 573 g/mol. The molecule has 0 aliphatic heterocycles. The molecule has 0 aliphatic carbocycles. The van der Waals surface area contributed by atoms with Crippen molar-refractivity contribution in [3.05, 3.63) is 0 Å². The van der Waals surface area contributed by atoms with E-state index in [4.69, 9.17) is 0 Å². The van der Waals surface area contributed by atoms with Crippen molar-refractivity contribution in [2.75, 3.05) is 52.4 Å². The number of nitrogens with one attached hydrogen (secondary N) is 3. The van der Waals surface area contributed by atoms with Gasteiger partial charge in [-0.2, -0.15) is 52.7 Å². The molecule has 0 bridgehead atoms. The molecule has 0 saturated heterocycles. The van der Waals surface area contributed by atoms with Gasteiger partial charge in [0, 0.05) is 52.4 Å². The van der Waals surface area contributed by atoms with E-state index in [2.05, 4.69) is 5.32 Å². The van der Waals surface area contributed by atoms with Gasteiger partial charge in [-0.3, -0.25) is 19.2 Å². The number of halogens is 12. The van der Waals surface area contributed by atoms with Crippen LogP contribution in [0.15, 0.2) is 0 Å². The lowest BCUT2D eigenvalue weighted by molar-refractivity contribution is -0.185. The summed E-state index contributed by atoms with van der Waals surface area (Å²) >= 11 is 0. The first-order chi connectivity index (χ1) is 16.6. The van der Waals surface area contributed by atoms with Crippen molar-refractivity contribution in [3.63, 3.8) is 0 Å². The predicted octanol–water partition coefficient (Wildman–Crippen LogP) is 0.715. The van der Waals surface area contributed by atoms with Crippen LogP contribution < -0.4 is 16.0 Å². The van der Waals surface area contributed by atoms with Crippen molar-refractivity contribution >= 4 is 23.6 Å². The second-order valence-electron chi connectivity index (χ2n) is 6.84. The lowest BCUT2D eigenvalue weighted by Gasteiger charge is -2.26. The summed E-state index contributed by atoms with van der Waals surface area (Å²) in [6, 6.07) is 0. The van der Waals surface area contributed by atoms with E-state index in [0.717, 1.165) is 0 Å². The summed E-state index contributed by atoms with van der Waals surface area (Å²) in [5.41, 5.74) is 0. The third-order valence-electron chi connectivity index (χ3n) is 4.03. The van der Waals surface area contributed by atoms with Gasteiger partial charge < -0.3 is 25.8 Å². The molecule has 0 atom stereocenters. The first kappa shape index (κ1) is 34.0. The number of alkyl halides is 12. The number of amides is 4. The topological polar surface area (TPSA) is 111 Å². The lowest BCUT2D eigenvalue weighted by atomic mass is 10.3. The van der Waals surface area contributed by atoms with E-state index in [0.29, 0.717) is 0 Å². The van der Waals surface area contributed by atoms with E-state index in [1.165, 1.54) is 10.6 Å². The molecule has 0 unspecified atom stereocenters. The van der Waals surface area contributed by atoms with E-state index < -0.39 is 101 Å². The number of hydrogen-bond donors (Lipinski definition) is 3. The van der Waals surface area contributed by atoms with E-state index in [9.17, 15) is 71.9 Å². The van der Waals surface area contributed by atoms with E-state index in [1.807, 2.05) is 0 Å². The van der Waals surface area contributed by atoms with Crippen molar-refractivity contribution < 1.29 is 71.9 Å². The first-order valence-electron chi connectivity index (χ1n) is 9.71. The maximum atomic E-state index is 12.7. The van der Waals surface area contributed by atoms with Gasteiger partial charge in [0.2, 0.25) is 0 Å². The van der Waals surface area contributed by atoms with Crippen molar-refractivity contribution in [1.29, 1.82) is 0 Å². The van der Waals surface area contributed by atoms with Crippen molar-refractivity contribution in [3.8, 4) is 0 Å². The maximum Gasteiger partial charge on any atom is 0.471 e. The zero-order valence-corrected chi connectivity index (χ0v) is 18.2. The van der Waals surface area contributed by atoms with Crippen LogP contribution in [0.2, 0.25) is 0 Å². The van der Waals surface area contributed by atoms with Crippen LogP contribution in [0.1, 0.15) is 0 Å². The Morgan fingerprint density at radius 3 is 0.973 bits per heavy atom. The standard InChI is InChI=1S/C16H19F12N5O4/c17-13(18,19)9(34)30-3-7-32(11(36)15(23,24)25)5-1-29-2-6-33(12(37)16(26,27)28)8-4-31-10(35)14(20,21)22/h29H,1-8H2,(H,30,34)(H,31,35). The molecule has 4 amide bonds. The number of hydrogen-bond acceptors (Lipinski definition) is 5. The quantitative estimate of drug-likeness (QED) is 0.236. The molecule has 0 aromatic rings. The average Bonchev–Trinajstić information content (AvgIpc) is 2.72. The molecule has 37 heavy (non-hydrogen) atoms. The fraction of sp³-hybridized carbons (Fsp3) is 0.750. The molecule has 0 saturated carbocycles. The predicted molar refractivity (Wildman–Crippen MR) is 96.3 cm³/mol. The largest absolute Gasteiger partial charge is 0.471 e. The minimum atomic E-state index is -5.45. The van der Waals surface area contributed by atoms with Crippen molar-refractivity contribution in [1.82, 2.24) is 25.8 Å². The van der Waals surface area contributed by atoms with Gasteiger partial charge in [0.25, 0.3) is 0 Å². The van der Waals surface area contributed by atoms with Gasteiger partial charge >= 0.3 is 48.3 Å². The van der Waals surface area contributed by atoms with Gasteiger partial charge in [-0.25, -0.2) is 0 Å². The first-order valence-corrected chi connectivity index (χ1v) is 9.71. The molecule has 216 valence electrons. The van der Waals surface area contributed by atoms with Crippen LogP contribution in [0.5, 0.6) is 0 Å². The van der Waals surface area contributed by atoms with Crippen LogP contribution in [-0.2, 0) is 19.2 Å². The zero-order valence-electron chi connectivity index (χ0n) is 18.2. The molecule has 0 aliphatic rings. The fourth-order valence-corrected chi connectivity index (χ4v) is 2.35. The molecule has 0 aromatic carbocycles. The highest BCUT2D eigenvalue weighted by Crippen LogP contribution is 2.19. The molecule has 0 heterocycles. The Hall–Kier alpha value is -3.00. The van der Waals surface area contributed by atoms with Gasteiger partial charge in [0.1, 0.15) is 0 Å². The summed E-state index contributed by atoms with van der Waals surface area (Å²) in [6.07, 6.45) is -21.6. The Labute approximate surface area is 199 Å². The van der Waals surface area contributed by atoms with E-state index >= 15 is 0 Å². The molecule has 3 N–H and O–H groups in total. The number of nitrogens with zero attached hydrogens (tertiary/aromatic N) is 2. The fourth-order valence-electron chi connectivity index (χ4n) is 2.35. The highest BCUT2D eigenvalue weighted by atomic mass is 19.4. The monoisotopic (exact) mass is 573 g/mol. The highest BCUT2D eigenvalue weighted by Gasteiger charge is 2.44. The van der Waals surface area contributed by atoms with Gasteiger partial charge in [0.05, 0.1) is 0 Å². The second kappa shape index (κ2) is 13.5.